The Balaban J connectivity index is 1.65. The zero-order valence-electron chi connectivity index (χ0n) is 16.2. The van der Waals surface area contributed by atoms with E-state index in [1.807, 2.05) is 0 Å². The highest BCUT2D eigenvalue weighted by molar-refractivity contribution is 7.92. The van der Waals surface area contributed by atoms with Crippen LogP contribution >= 0.6 is 0 Å². The summed E-state index contributed by atoms with van der Waals surface area (Å²) in [5.41, 5.74) is 0.359. The highest BCUT2D eigenvalue weighted by Crippen LogP contribution is 2.41. The van der Waals surface area contributed by atoms with Crippen LogP contribution in [0.5, 0.6) is 5.75 Å². The largest absolute Gasteiger partial charge is 0.573 e. The molecule has 8 nitrogen and oxygen atoms in total. The molecule has 0 radical (unpaired) electrons. The summed E-state index contributed by atoms with van der Waals surface area (Å²) in [6, 6.07) is 3.51. The van der Waals surface area contributed by atoms with Crippen LogP contribution in [0, 0.1) is 5.92 Å². The summed E-state index contributed by atoms with van der Waals surface area (Å²) in [6.07, 6.45) is -2.92. The summed E-state index contributed by atoms with van der Waals surface area (Å²) in [5, 5.41) is 5.50. The zero-order valence-corrected chi connectivity index (χ0v) is 17.0. The van der Waals surface area contributed by atoms with Gasteiger partial charge in [0.25, 0.3) is 0 Å². The molecule has 0 aliphatic carbocycles. The number of sulfone groups is 1. The average molecular weight is 480 g/mol. The molecule has 174 valence electrons. The third-order valence-corrected chi connectivity index (χ3v) is 6.76. The second-order valence-electron chi connectivity index (χ2n) is 6.91. The molecular weight excluding hydrogens is 463 g/mol. The summed E-state index contributed by atoms with van der Waals surface area (Å²) in [4.78, 5) is 12.7. The number of hydrogen-bond acceptors (Lipinski definition) is 6. The van der Waals surface area contributed by atoms with Crippen molar-refractivity contribution in [3.05, 3.63) is 42.7 Å². The number of ether oxygens (including phenoxy) is 1. The second-order valence-corrected chi connectivity index (χ2v) is 8.93. The Morgan fingerprint density at radius 1 is 1.03 bits per heavy atom. The Morgan fingerprint density at radius 3 is 2.19 bits per heavy atom. The first kappa shape index (κ1) is 23.6. The van der Waals surface area contributed by atoms with Gasteiger partial charge in [0.1, 0.15) is 5.75 Å². The van der Waals surface area contributed by atoms with Crippen molar-refractivity contribution < 1.29 is 39.9 Å². The number of hydrogen-bond donors (Lipinski definition) is 1. The van der Waals surface area contributed by atoms with Gasteiger partial charge in [-0.05, 0) is 43.2 Å². The van der Waals surface area contributed by atoms with E-state index in [1.54, 1.807) is 0 Å². The molecule has 1 aliphatic heterocycles. The smallest absolute Gasteiger partial charge is 0.406 e. The third kappa shape index (κ3) is 5.23. The monoisotopic (exact) mass is 480 g/mol. The van der Waals surface area contributed by atoms with Gasteiger partial charge < -0.3 is 15.0 Å². The Labute approximate surface area is 179 Å². The molecule has 1 fully saturated rings. The van der Waals surface area contributed by atoms with Gasteiger partial charge >= 0.3 is 17.6 Å². The Bertz CT molecular complexity index is 1040. The summed E-state index contributed by atoms with van der Waals surface area (Å²) >= 11 is 0. The van der Waals surface area contributed by atoms with Crippen LogP contribution in [0.3, 0.4) is 0 Å². The molecule has 1 saturated heterocycles. The van der Waals surface area contributed by atoms with Crippen LogP contribution in [0.2, 0.25) is 0 Å². The molecule has 14 heteroatoms. The van der Waals surface area contributed by atoms with E-state index < -0.39 is 44.0 Å². The van der Waals surface area contributed by atoms with Crippen molar-refractivity contribution >= 4 is 21.6 Å². The first-order valence-electron chi connectivity index (χ1n) is 9.21. The fourth-order valence-electron chi connectivity index (χ4n) is 3.18. The van der Waals surface area contributed by atoms with Crippen LogP contribution in [0.15, 0.2) is 47.6 Å². The van der Waals surface area contributed by atoms with E-state index in [9.17, 15) is 35.2 Å². The quantitative estimate of drug-likeness (QED) is 0.656. The van der Waals surface area contributed by atoms with E-state index in [0.29, 0.717) is 30.0 Å². The minimum absolute atomic E-state index is 0.113. The van der Waals surface area contributed by atoms with Gasteiger partial charge in [-0.25, -0.2) is 13.2 Å². The highest BCUT2D eigenvalue weighted by atomic mass is 32.2. The lowest BCUT2D eigenvalue weighted by Gasteiger charge is -2.35. The number of alkyl halides is 5. The predicted molar refractivity (Wildman–Crippen MR) is 101 cm³/mol. The van der Waals surface area contributed by atoms with Gasteiger partial charge in [-0.1, -0.05) is 0 Å². The number of halogens is 5. The Morgan fingerprint density at radius 2 is 1.66 bits per heavy atom. The van der Waals surface area contributed by atoms with Crippen molar-refractivity contribution in [2.24, 2.45) is 5.92 Å². The lowest BCUT2D eigenvalue weighted by Crippen LogP contribution is -2.47. The van der Waals surface area contributed by atoms with Crippen LogP contribution in [0.4, 0.5) is 32.4 Å². The molecular formula is C18H17F5N4O4S. The number of benzene rings is 1. The van der Waals surface area contributed by atoms with Crippen molar-refractivity contribution in [3.8, 4) is 5.75 Å². The maximum atomic E-state index is 14.9. The minimum Gasteiger partial charge on any atom is -0.406 e. The first-order chi connectivity index (χ1) is 14.9. The number of nitrogens with zero attached hydrogens (tertiary/aromatic N) is 3. The molecule has 0 unspecified atom stereocenters. The van der Waals surface area contributed by atoms with Crippen molar-refractivity contribution in [1.29, 1.82) is 0 Å². The molecule has 1 N–H and O–H groups in total. The van der Waals surface area contributed by atoms with Crippen LogP contribution in [0.25, 0.3) is 0 Å². The SMILES string of the molecule is O=C(Nc1ccnnc1)N1CCC(C(F)(F)S(=O)(=O)c2ccc(OC(F)(F)F)cc2)CC1. The summed E-state index contributed by atoms with van der Waals surface area (Å²) in [5.74, 6) is -2.31. The van der Waals surface area contributed by atoms with E-state index in [0.717, 1.165) is 0 Å². The maximum absolute atomic E-state index is 14.9. The molecule has 1 aliphatic rings. The fourth-order valence-corrected chi connectivity index (χ4v) is 4.67. The molecule has 32 heavy (non-hydrogen) atoms. The molecule has 3 rings (SSSR count). The molecule has 0 saturated carbocycles. The van der Waals surface area contributed by atoms with Gasteiger partial charge in [0.15, 0.2) is 0 Å². The van der Waals surface area contributed by atoms with Crippen molar-refractivity contribution in [2.75, 3.05) is 18.4 Å². The number of carbonyl (C=O) groups excluding carboxylic acids is 1. The molecule has 2 heterocycles. The number of aromatic nitrogens is 2. The first-order valence-corrected chi connectivity index (χ1v) is 10.7. The Kier molecular flexibility index (Phi) is 6.53. The fraction of sp³-hybridized carbons (Fsp3) is 0.389. The van der Waals surface area contributed by atoms with E-state index in [-0.39, 0.29) is 25.9 Å². The van der Waals surface area contributed by atoms with Crippen LogP contribution < -0.4 is 10.1 Å². The van der Waals surface area contributed by atoms with E-state index in [1.165, 1.54) is 23.4 Å². The van der Waals surface area contributed by atoms with E-state index in [4.69, 9.17) is 0 Å². The highest BCUT2D eigenvalue weighted by Gasteiger charge is 2.53. The zero-order chi connectivity index (χ0) is 23.6. The van der Waals surface area contributed by atoms with Gasteiger partial charge in [-0.3, -0.25) is 0 Å². The molecule has 2 amide bonds. The van der Waals surface area contributed by atoms with Crippen molar-refractivity contribution in [1.82, 2.24) is 15.1 Å². The molecule has 0 spiro atoms. The van der Waals surface area contributed by atoms with Gasteiger partial charge in [0.2, 0.25) is 9.84 Å². The number of rotatable bonds is 5. The standard InChI is InChI=1S/C18H17F5N4O4S/c19-17(20,32(29,30)15-3-1-14(2-4-15)31-18(21,22)23)12-6-9-27(10-7-12)16(28)26-13-5-8-24-25-11-13/h1-5,8,11-12H,6-7,9-10H2,(H,24,26,28). The second kappa shape index (κ2) is 8.84. The number of nitrogens with one attached hydrogen (secondary N) is 1. The number of amides is 2. The topological polar surface area (TPSA) is 101 Å². The van der Waals surface area contributed by atoms with Gasteiger partial charge in [0, 0.05) is 19.0 Å². The number of carbonyl (C=O) groups is 1. The van der Waals surface area contributed by atoms with Gasteiger partial charge in [-0.2, -0.15) is 19.0 Å². The van der Waals surface area contributed by atoms with Crippen molar-refractivity contribution in [2.45, 2.75) is 29.4 Å². The third-order valence-electron chi connectivity index (χ3n) is 4.82. The number of piperidine rings is 1. The Hall–Kier alpha value is -3.03. The predicted octanol–water partition coefficient (Wildman–Crippen LogP) is 3.69. The number of anilines is 1. The maximum Gasteiger partial charge on any atom is 0.573 e. The van der Waals surface area contributed by atoms with Gasteiger partial charge in [0.05, 0.1) is 23.0 Å². The molecule has 0 bridgehead atoms. The minimum atomic E-state index is -5.19. The lowest BCUT2D eigenvalue weighted by atomic mass is 9.97. The number of urea groups is 1. The van der Waals surface area contributed by atoms with Crippen LogP contribution in [-0.2, 0) is 9.84 Å². The lowest BCUT2D eigenvalue weighted by molar-refractivity contribution is -0.274. The van der Waals surface area contributed by atoms with Crippen molar-refractivity contribution in [3.63, 3.8) is 0 Å². The van der Waals surface area contributed by atoms with E-state index >= 15 is 0 Å². The summed E-state index contributed by atoms with van der Waals surface area (Å²) in [6.45, 7) is -0.225. The van der Waals surface area contributed by atoms with Crippen LogP contribution in [-0.4, -0.2) is 54.3 Å². The average Bonchev–Trinajstić information content (AvgIpc) is 2.73. The summed E-state index contributed by atoms with van der Waals surface area (Å²) < 4.78 is 95.0. The molecule has 1 aromatic carbocycles. The summed E-state index contributed by atoms with van der Waals surface area (Å²) in [7, 11) is -5.19. The number of likely N-dealkylation sites (tertiary alicyclic amines) is 1. The normalized spacial score (nSPS) is 16.0. The molecule has 2 aromatic rings. The van der Waals surface area contributed by atoms with Crippen LogP contribution in [0.1, 0.15) is 12.8 Å². The van der Waals surface area contributed by atoms with Gasteiger partial charge in [-0.15, -0.1) is 13.2 Å². The molecule has 1 aromatic heterocycles. The van der Waals surface area contributed by atoms with E-state index in [2.05, 4.69) is 20.3 Å². The molecule has 0 atom stereocenters.